The number of alkyl halides is 2. The monoisotopic (exact) mass is 397 g/mol. The van der Waals surface area contributed by atoms with E-state index in [1.807, 2.05) is 0 Å². The number of methoxy groups -OCH3 is 1. The summed E-state index contributed by atoms with van der Waals surface area (Å²) in [6, 6.07) is 11.5. The van der Waals surface area contributed by atoms with E-state index in [4.69, 9.17) is 21.1 Å². The summed E-state index contributed by atoms with van der Waals surface area (Å²) in [5.41, 5.74) is 0.292. The number of carbonyl (C=O) groups excluding carboxylic acids is 1. The standard InChI is InChI=1S/C19H18ClF2NO4/c1-25-16-7-2-4-13(18(16)27-19(21)22)8-9-17(24)23-10-11-26-15-6-3-5-14(20)12-15/h2-9,12,19H,10-11H2,1H3,(H,23,24)/b9-8+. The van der Waals surface area contributed by atoms with Crippen LogP contribution in [-0.2, 0) is 4.79 Å². The van der Waals surface area contributed by atoms with Crippen LogP contribution in [0.25, 0.3) is 6.08 Å². The molecule has 0 radical (unpaired) electrons. The minimum Gasteiger partial charge on any atom is -0.493 e. The summed E-state index contributed by atoms with van der Waals surface area (Å²) < 4.78 is 40.1. The fourth-order valence-electron chi connectivity index (χ4n) is 2.16. The molecule has 0 aliphatic heterocycles. The van der Waals surface area contributed by atoms with Crippen molar-refractivity contribution in [3.63, 3.8) is 0 Å². The van der Waals surface area contributed by atoms with Gasteiger partial charge in [-0.15, -0.1) is 0 Å². The first-order valence-corrected chi connectivity index (χ1v) is 8.33. The van der Waals surface area contributed by atoms with Crippen molar-refractivity contribution < 1.29 is 27.8 Å². The van der Waals surface area contributed by atoms with Crippen molar-refractivity contribution in [2.24, 2.45) is 0 Å². The quantitative estimate of drug-likeness (QED) is 0.510. The van der Waals surface area contributed by atoms with Gasteiger partial charge in [-0.2, -0.15) is 8.78 Å². The number of benzene rings is 2. The van der Waals surface area contributed by atoms with Crippen LogP contribution >= 0.6 is 11.6 Å². The molecule has 2 aromatic carbocycles. The van der Waals surface area contributed by atoms with Crippen LogP contribution in [0.3, 0.4) is 0 Å². The van der Waals surface area contributed by atoms with Crippen molar-refractivity contribution >= 4 is 23.6 Å². The highest BCUT2D eigenvalue weighted by atomic mass is 35.5. The molecule has 2 rings (SSSR count). The summed E-state index contributed by atoms with van der Waals surface area (Å²) in [4.78, 5) is 11.9. The van der Waals surface area contributed by atoms with E-state index < -0.39 is 12.5 Å². The molecule has 0 spiro atoms. The number of nitrogens with one attached hydrogen (secondary N) is 1. The van der Waals surface area contributed by atoms with Crippen LogP contribution in [0.15, 0.2) is 48.5 Å². The minimum atomic E-state index is -3.01. The second kappa shape index (κ2) is 10.4. The zero-order valence-corrected chi connectivity index (χ0v) is 15.2. The van der Waals surface area contributed by atoms with Crippen molar-refractivity contribution in [3.8, 4) is 17.2 Å². The highest BCUT2D eigenvalue weighted by Crippen LogP contribution is 2.33. The molecule has 0 heterocycles. The first-order chi connectivity index (χ1) is 13.0. The molecule has 0 aliphatic rings. The van der Waals surface area contributed by atoms with Crippen LogP contribution in [-0.4, -0.2) is 32.8 Å². The summed E-state index contributed by atoms with van der Waals surface area (Å²) in [6.45, 7) is -2.50. The molecule has 144 valence electrons. The van der Waals surface area contributed by atoms with Crippen LogP contribution in [0.4, 0.5) is 8.78 Å². The highest BCUT2D eigenvalue weighted by Gasteiger charge is 2.13. The Balaban J connectivity index is 1.89. The first-order valence-electron chi connectivity index (χ1n) is 7.95. The predicted octanol–water partition coefficient (Wildman–Crippen LogP) is 4.16. The molecule has 0 aliphatic carbocycles. The Labute approximate surface area is 160 Å². The number of para-hydroxylation sites is 1. The Morgan fingerprint density at radius 3 is 2.74 bits per heavy atom. The maximum Gasteiger partial charge on any atom is 0.387 e. The molecule has 0 bridgehead atoms. The fourth-order valence-corrected chi connectivity index (χ4v) is 2.34. The Morgan fingerprint density at radius 1 is 1.26 bits per heavy atom. The van der Waals surface area contributed by atoms with Gasteiger partial charge in [-0.05, 0) is 30.3 Å². The van der Waals surface area contributed by atoms with Gasteiger partial charge in [0.25, 0.3) is 0 Å². The normalized spacial score (nSPS) is 10.9. The maximum absolute atomic E-state index is 12.6. The molecule has 5 nitrogen and oxygen atoms in total. The highest BCUT2D eigenvalue weighted by molar-refractivity contribution is 6.30. The van der Waals surface area contributed by atoms with Gasteiger partial charge < -0.3 is 19.5 Å². The van der Waals surface area contributed by atoms with Crippen molar-refractivity contribution in [1.82, 2.24) is 5.32 Å². The van der Waals surface area contributed by atoms with Crippen molar-refractivity contribution in [1.29, 1.82) is 0 Å². The summed E-state index contributed by atoms with van der Waals surface area (Å²) in [5, 5.41) is 3.18. The van der Waals surface area contributed by atoms with E-state index >= 15 is 0 Å². The van der Waals surface area contributed by atoms with Crippen LogP contribution in [0.2, 0.25) is 5.02 Å². The Kier molecular flexibility index (Phi) is 7.88. The van der Waals surface area contributed by atoms with Crippen molar-refractivity contribution in [2.75, 3.05) is 20.3 Å². The lowest BCUT2D eigenvalue weighted by molar-refractivity contribution is -0.116. The van der Waals surface area contributed by atoms with Crippen molar-refractivity contribution in [2.45, 2.75) is 6.61 Å². The number of halogens is 3. The number of amides is 1. The molecule has 8 heteroatoms. The SMILES string of the molecule is COc1cccc(/C=C/C(=O)NCCOc2cccc(Cl)c2)c1OC(F)F. The molecule has 0 saturated carbocycles. The third kappa shape index (κ3) is 6.79. The number of hydrogen-bond donors (Lipinski definition) is 1. The van der Waals surface area contributed by atoms with Gasteiger partial charge in [0.15, 0.2) is 11.5 Å². The lowest BCUT2D eigenvalue weighted by atomic mass is 10.1. The largest absolute Gasteiger partial charge is 0.493 e. The molecule has 27 heavy (non-hydrogen) atoms. The molecule has 0 atom stereocenters. The fraction of sp³-hybridized carbons (Fsp3) is 0.211. The molecule has 2 aromatic rings. The second-order valence-electron chi connectivity index (χ2n) is 5.19. The molecule has 0 aromatic heterocycles. The van der Waals surface area contributed by atoms with Gasteiger partial charge in [-0.25, -0.2) is 0 Å². The topological polar surface area (TPSA) is 56.8 Å². The zero-order chi connectivity index (χ0) is 19.6. The van der Waals surface area contributed by atoms with Crippen LogP contribution in [0.5, 0.6) is 17.2 Å². The average Bonchev–Trinajstić information content (AvgIpc) is 2.64. The zero-order valence-electron chi connectivity index (χ0n) is 14.5. The summed E-state index contributed by atoms with van der Waals surface area (Å²) in [5.74, 6) is 0.198. The Morgan fingerprint density at radius 2 is 2.04 bits per heavy atom. The van der Waals surface area contributed by atoms with Crippen LogP contribution < -0.4 is 19.5 Å². The third-order valence-electron chi connectivity index (χ3n) is 3.32. The van der Waals surface area contributed by atoms with Gasteiger partial charge >= 0.3 is 6.61 Å². The van der Waals surface area contributed by atoms with E-state index in [2.05, 4.69) is 10.1 Å². The van der Waals surface area contributed by atoms with Gasteiger partial charge in [-0.1, -0.05) is 29.8 Å². The maximum atomic E-state index is 12.6. The van der Waals surface area contributed by atoms with Crippen LogP contribution in [0, 0.1) is 0 Å². The summed E-state index contributed by atoms with van der Waals surface area (Å²) in [6.07, 6.45) is 2.58. The number of carbonyl (C=O) groups is 1. The molecule has 1 amide bonds. The van der Waals surface area contributed by atoms with E-state index in [1.54, 1.807) is 30.3 Å². The van der Waals surface area contributed by atoms with E-state index in [1.165, 1.54) is 31.4 Å². The molecular formula is C19H18ClF2NO4. The molecular weight excluding hydrogens is 380 g/mol. The Hall–Kier alpha value is -2.80. The summed E-state index contributed by atoms with van der Waals surface area (Å²) in [7, 11) is 1.34. The lowest BCUT2D eigenvalue weighted by Gasteiger charge is -2.12. The van der Waals surface area contributed by atoms with E-state index in [0.717, 1.165) is 0 Å². The van der Waals surface area contributed by atoms with Gasteiger partial charge in [0.2, 0.25) is 5.91 Å². The average molecular weight is 398 g/mol. The Bertz CT molecular complexity index is 799. The third-order valence-corrected chi connectivity index (χ3v) is 3.55. The smallest absolute Gasteiger partial charge is 0.387 e. The molecule has 0 unspecified atom stereocenters. The number of hydrogen-bond acceptors (Lipinski definition) is 4. The minimum absolute atomic E-state index is 0.136. The van der Waals surface area contributed by atoms with Crippen LogP contribution in [0.1, 0.15) is 5.56 Å². The number of ether oxygens (including phenoxy) is 3. The second-order valence-corrected chi connectivity index (χ2v) is 5.62. The van der Waals surface area contributed by atoms with E-state index in [9.17, 15) is 13.6 Å². The molecule has 0 fully saturated rings. The van der Waals surface area contributed by atoms with Gasteiger partial charge in [0.1, 0.15) is 12.4 Å². The first kappa shape index (κ1) is 20.5. The van der Waals surface area contributed by atoms with Gasteiger partial charge in [-0.3, -0.25) is 4.79 Å². The van der Waals surface area contributed by atoms with E-state index in [0.29, 0.717) is 16.3 Å². The molecule has 0 saturated heterocycles. The summed E-state index contributed by atoms with van der Waals surface area (Å²) >= 11 is 5.85. The van der Waals surface area contributed by atoms with Gasteiger partial charge in [0, 0.05) is 16.7 Å². The predicted molar refractivity (Wildman–Crippen MR) is 98.6 cm³/mol. The van der Waals surface area contributed by atoms with Crippen molar-refractivity contribution in [3.05, 3.63) is 59.1 Å². The number of rotatable bonds is 9. The lowest BCUT2D eigenvalue weighted by Crippen LogP contribution is -2.26. The molecule has 1 N–H and O–H groups in total. The van der Waals surface area contributed by atoms with Gasteiger partial charge in [0.05, 0.1) is 13.7 Å². The van der Waals surface area contributed by atoms with E-state index in [-0.39, 0.29) is 24.7 Å².